The minimum Gasteiger partial charge on any atom is -0.441 e. The van der Waals surface area contributed by atoms with Gasteiger partial charge in [-0.25, -0.2) is 38.5 Å². The average molecular weight is 672 g/mol. The van der Waals surface area contributed by atoms with Crippen LogP contribution in [0.2, 0.25) is 0 Å². The van der Waals surface area contributed by atoms with Gasteiger partial charge in [-0.3, -0.25) is 0 Å². The Bertz CT molecular complexity index is 1870. The third-order valence-corrected chi connectivity index (χ3v) is 13.0. The molecule has 0 amide bonds. The molecule has 0 saturated carbocycles. The summed E-state index contributed by atoms with van der Waals surface area (Å²) in [6, 6.07) is 15.7. The molecule has 1 aliphatic heterocycles. The second-order valence-electron chi connectivity index (χ2n) is 10.2. The van der Waals surface area contributed by atoms with Crippen LogP contribution in [0.1, 0.15) is 27.0 Å². The van der Waals surface area contributed by atoms with Crippen molar-refractivity contribution in [2.24, 2.45) is 0 Å². The zero-order chi connectivity index (χ0) is 32.3. The van der Waals surface area contributed by atoms with Crippen LogP contribution in [-0.2, 0) is 50.4 Å². The Labute approximate surface area is 251 Å². The molecule has 0 aliphatic carbocycles. The number of fused-ring (bicyclic) bond motifs is 1. The number of hydrogen-bond acceptors (Lipinski definition) is 11. The van der Waals surface area contributed by atoms with Crippen LogP contribution in [0.3, 0.4) is 0 Å². The van der Waals surface area contributed by atoms with Gasteiger partial charge in [-0.15, -0.1) is 0 Å². The van der Waals surface area contributed by atoms with E-state index in [0.717, 1.165) is 25.0 Å². The first-order valence-corrected chi connectivity index (χ1v) is 19.6. The first-order chi connectivity index (χ1) is 19.6. The fourth-order valence-electron chi connectivity index (χ4n) is 5.02. The van der Waals surface area contributed by atoms with Crippen LogP contribution in [-0.4, -0.2) is 78.8 Å². The standard InChI is InChI=1S/C26H29N3O10S4/c1-27(2)22-15-16-24-23(17-22)25(30)39-26(24,18-7-11-20(12-8-18)28(40(3,31)32)41(4,33)34)19-9-13-21(14-10-19)29(42(5,35)36)43(6,37)38/h7-17H,1-6H3. The molecule has 0 saturated heterocycles. The molecule has 0 atom stereocenters. The number of nitrogens with zero attached hydrogens (tertiary/aromatic N) is 3. The normalized spacial score (nSPS) is 15.0. The average Bonchev–Trinajstić information content (AvgIpc) is 3.14. The van der Waals surface area contributed by atoms with E-state index in [1.807, 2.05) is 0 Å². The van der Waals surface area contributed by atoms with E-state index in [1.54, 1.807) is 37.2 Å². The van der Waals surface area contributed by atoms with E-state index in [4.69, 9.17) is 4.74 Å². The molecule has 1 heterocycles. The maximum Gasteiger partial charge on any atom is 0.340 e. The van der Waals surface area contributed by atoms with Crippen molar-refractivity contribution in [1.82, 2.24) is 0 Å². The molecule has 43 heavy (non-hydrogen) atoms. The second-order valence-corrected chi connectivity index (χ2v) is 18.0. The quantitative estimate of drug-likeness (QED) is 0.303. The summed E-state index contributed by atoms with van der Waals surface area (Å²) in [5.74, 6) is -0.686. The fourth-order valence-corrected chi connectivity index (χ4v) is 11.0. The molecule has 17 heteroatoms. The molecule has 3 aromatic carbocycles. The van der Waals surface area contributed by atoms with Gasteiger partial charge in [0.25, 0.3) is 0 Å². The van der Waals surface area contributed by atoms with Gasteiger partial charge in [-0.2, -0.15) is 7.42 Å². The number of esters is 1. The lowest BCUT2D eigenvalue weighted by Gasteiger charge is -2.31. The Morgan fingerprint density at radius 1 is 0.558 bits per heavy atom. The molecule has 0 aromatic heterocycles. The minimum absolute atomic E-state index is 0.177. The topological polar surface area (TPSA) is 173 Å². The fraction of sp³-hybridized carbons (Fsp3) is 0.269. The van der Waals surface area contributed by atoms with Gasteiger partial charge in [0, 0.05) is 36.5 Å². The number of hydrogen-bond donors (Lipinski definition) is 0. The predicted molar refractivity (Wildman–Crippen MR) is 163 cm³/mol. The lowest BCUT2D eigenvalue weighted by molar-refractivity contribution is 0.0251. The van der Waals surface area contributed by atoms with Crippen LogP contribution >= 0.6 is 0 Å². The van der Waals surface area contributed by atoms with E-state index in [1.165, 1.54) is 48.5 Å². The Hall–Kier alpha value is -3.67. The van der Waals surface area contributed by atoms with E-state index in [0.29, 0.717) is 22.4 Å². The minimum atomic E-state index is -4.23. The summed E-state index contributed by atoms with van der Waals surface area (Å²) in [6.45, 7) is 0. The molecule has 1 aliphatic rings. The largest absolute Gasteiger partial charge is 0.441 e. The van der Waals surface area contributed by atoms with E-state index in [-0.39, 0.29) is 24.4 Å². The summed E-state index contributed by atoms with van der Waals surface area (Å²) >= 11 is 0. The molecular formula is C26H29N3O10S4. The Morgan fingerprint density at radius 2 is 0.907 bits per heavy atom. The second kappa shape index (κ2) is 10.5. The molecule has 3 aromatic rings. The van der Waals surface area contributed by atoms with Gasteiger partial charge in [0.05, 0.1) is 42.0 Å². The maximum atomic E-state index is 13.3. The number of carbonyl (C=O) groups excluding carboxylic acids is 1. The smallest absolute Gasteiger partial charge is 0.340 e. The van der Waals surface area contributed by atoms with E-state index in [2.05, 4.69) is 0 Å². The zero-order valence-electron chi connectivity index (χ0n) is 23.9. The summed E-state index contributed by atoms with van der Waals surface area (Å²) in [4.78, 5) is 15.1. The Balaban J connectivity index is 1.98. The molecule has 0 unspecified atom stereocenters. The highest BCUT2D eigenvalue weighted by Gasteiger charge is 2.49. The van der Waals surface area contributed by atoms with Crippen molar-refractivity contribution in [3.8, 4) is 0 Å². The first kappa shape index (κ1) is 32.2. The predicted octanol–water partition coefficient (Wildman–Crippen LogP) is 1.67. The van der Waals surface area contributed by atoms with Crippen LogP contribution in [0.5, 0.6) is 0 Å². The van der Waals surface area contributed by atoms with Crippen LogP contribution in [0.15, 0.2) is 66.7 Å². The zero-order valence-corrected chi connectivity index (χ0v) is 27.2. The van der Waals surface area contributed by atoms with Crippen LogP contribution in [0.25, 0.3) is 0 Å². The molecule has 232 valence electrons. The summed E-state index contributed by atoms with van der Waals surface area (Å²) in [5.41, 5.74) is -0.0797. The van der Waals surface area contributed by atoms with Gasteiger partial charge >= 0.3 is 5.97 Å². The lowest BCUT2D eigenvalue weighted by Crippen LogP contribution is -2.35. The monoisotopic (exact) mass is 671 g/mol. The van der Waals surface area contributed by atoms with Gasteiger partial charge < -0.3 is 9.64 Å². The third-order valence-electron chi connectivity index (χ3n) is 6.54. The highest BCUT2D eigenvalue weighted by molar-refractivity contribution is 8.10. The summed E-state index contributed by atoms with van der Waals surface area (Å²) < 4.78 is 105. The lowest BCUT2D eigenvalue weighted by atomic mass is 9.79. The highest BCUT2D eigenvalue weighted by atomic mass is 32.3. The third kappa shape index (κ3) is 5.93. The van der Waals surface area contributed by atoms with Crippen LogP contribution in [0, 0.1) is 0 Å². The van der Waals surface area contributed by atoms with Gasteiger partial charge in [0.2, 0.25) is 40.1 Å². The molecule has 0 N–H and O–H groups in total. The number of carbonyl (C=O) groups is 1. The van der Waals surface area contributed by atoms with E-state index < -0.39 is 51.7 Å². The van der Waals surface area contributed by atoms with E-state index >= 15 is 0 Å². The van der Waals surface area contributed by atoms with Crippen molar-refractivity contribution in [3.05, 3.63) is 89.0 Å². The number of benzene rings is 3. The van der Waals surface area contributed by atoms with Gasteiger partial charge in [0.15, 0.2) is 5.60 Å². The molecule has 0 radical (unpaired) electrons. The number of rotatable bonds is 9. The van der Waals surface area contributed by atoms with Crippen molar-refractivity contribution in [1.29, 1.82) is 0 Å². The number of anilines is 3. The SMILES string of the molecule is CN(C)c1ccc2c(c1)C(=O)OC2(c1ccc(N(S(C)(=O)=O)S(C)(=O)=O)cc1)c1ccc(N(S(C)(=O)=O)S(C)(=O)=O)cc1. The van der Waals surface area contributed by atoms with Gasteiger partial charge in [0.1, 0.15) is 0 Å². The van der Waals surface area contributed by atoms with Gasteiger partial charge in [-0.1, -0.05) is 30.3 Å². The van der Waals surface area contributed by atoms with E-state index in [9.17, 15) is 38.5 Å². The molecule has 0 bridgehead atoms. The van der Waals surface area contributed by atoms with Crippen molar-refractivity contribution < 1.29 is 43.2 Å². The van der Waals surface area contributed by atoms with Crippen molar-refractivity contribution in [2.75, 3.05) is 51.4 Å². The molecule has 0 fully saturated rings. The molecule has 13 nitrogen and oxygen atoms in total. The molecule has 4 rings (SSSR count). The summed E-state index contributed by atoms with van der Waals surface area (Å²) in [5, 5.41) is 0. The summed E-state index contributed by atoms with van der Waals surface area (Å²) in [7, 11) is -13.3. The summed E-state index contributed by atoms with van der Waals surface area (Å²) in [6.07, 6.45) is 2.99. The number of cyclic esters (lactones) is 1. The highest BCUT2D eigenvalue weighted by Crippen LogP contribution is 2.48. The molecular weight excluding hydrogens is 643 g/mol. The first-order valence-electron chi connectivity index (χ1n) is 12.3. The van der Waals surface area contributed by atoms with Gasteiger partial charge in [-0.05, 0) is 36.4 Å². The molecule has 0 spiro atoms. The maximum absolute atomic E-state index is 13.3. The van der Waals surface area contributed by atoms with Crippen molar-refractivity contribution >= 4 is 63.1 Å². The van der Waals surface area contributed by atoms with Crippen LogP contribution < -0.4 is 12.3 Å². The van der Waals surface area contributed by atoms with Crippen molar-refractivity contribution in [2.45, 2.75) is 5.60 Å². The van der Waals surface area contributed by atoms with Crippen molar-refractivity contribution in [3.63, 3.8) is 0 Å². The Kier molecular flexibility index (Phi) is 7.87. The van der Waals surface area contributed by atoms with Crippen LogP contribution in [0.4, 0.5) is 17.1 Å². The number of sulfonamides is 4. The Morgan fingerprint density at radius 3 is 1.23 bits per heavy atom. The number of ether oxygens (including phenoxy) is 1.